The van der Waals surface area contributed by atoms with Crippen molar-refractivity contribution in [1.29, 1.82) is 0 Å². The van der Waals surface area contributed by atoms with Gasteiger partial charge in [0, 0.05) is 24.7 Å². The van der Waals surface area contributed by atoms with Crippen LogP contribution in [-0.2, 0) is 13.1 Å². The maximum Gasteiger partial charge on any atom is 0.123 e. The number of aryl methyl sites for hydroxylation is 1. The molecule has 0 amide bonds. The van der Waals surface area contributed by atoms with Crippen molar-refractivity contribution in [1.82, 2.24) is 4.90 Å². The van der Waals surface area contributed by atoms with Crippen molar-refractivity contribution in [2.45, 2.75) is 38.9 Å². The van der Waals surface area contributed by atoms with Gasteiger partial charge in [0.1, 0.15) is 5.75 Å². The van der Waals surface area contributed by atoms with Crippen LogP contribution < -0.4 is 4.74 Å². The monoisotopic (exact) mass is 281 g/mol. The van der Waals surface area contributed by atoms with E-state index in [0.29, 0.717) is 0 Å². The van der Waals surface area contributed by atoms with Gasteiger partial charge in [0.2, 0.25) is 0 Å². The minimum absolute atomic E-state index is 0.733. The van der Waals surface area contributed by atoms with E-state index in [1.165, 1.54) is 29.5 Å². The van der Waals surface area contributed by atoms with Gasteiger partial charge in [-0.1, -0.05) is 48.0 Å². The van der Waals surface area contributed by atoms with E-state index in [-0.39, 0.29) is 0 Å². The van der Waals surface area contributed by atoms with Crippen LogP contribution in [0.25, 0.3) is 0 Å². The molecule has 0 N–H and O–H groups in total. The van der Waals surface area contributed by atoms with Crippen molar-refractivity contribution in [2.75, 3.05) is 7.11 Å². The third-order valence-corrected chi connectivity index (χ3v) is 4.14. The summed E-state index contributed by atoms with van der Waals surface area (Å²) < 4.78 is 5.49. The maximum atomic E-state index is 5.49. The molecule has 2 heteroatoms. The van der Waals surface area contributed by atoms with Crippen LogP contribution in [0.5, 0.6) is 5.75 Å². The van der Waals surface area contributed by atoms with Crippen molar-refractivity contribution < 1.29 is 4.74 Å². The molecule has 0 aromatic heterocycles. The smallest absolute Gasteiger partial charge is 0.123 e. The molecule has 0 saturated heterocycles. The Bertz CT molecular complexity index is 587. The van der Waals surface area contributed by atoms with Crippen molar-refractivity contribution in [3.8, 4) is 5.75 Å². The Labute approximate surface area is 127 Å². The summed E-state index contributed by atoms with van der Waals surface area (Å²) in [6, 6.07) is 18.0. The number of hydrogen-bond acceptors (Lipinski definition) is 2. The summed E-state index contributed by atoms with van der Waals surface area (Å²) in [5.74, 6) is 0.993. The summed E-state index contributed by atoms with van der Waals surface area (Å²) in [5.41, 5.74) is 3.99. The average Bonchev–Trinajstić information content (AvgIpc) is 3.34. The van der Waals surface area contributed by atoms with Gasteiger partial charge in [0.05, 0.1) is 7.11 Å². The van der Waals surface area contributed by atoms with Crippen molar-refractivity contribution in [3.05, 3.63) is 65.2 Å². The normalized spacial score (nSPS) is 14.4. The van der Waals surface area contributed by atoms with E-state index < -0.39 is 0 Å². The minimum atomic E-state index is 0.733. The molecule has 0 aliphatic heterocycles. The molecule has 21 heavy (non-hydrogen) atoms. The van der Waals surface area contributed by atoms with Crippen LogP contribution in [0.1, 0.15) is 29.5 Å². The highest BCUT2D eigenvalue weighted by atomic mass is 16.5. The molecule has 110 valence electrons. The predicted molar refractivity (Wildman–Crippen MR) is 86.4 cm³/mol. The van der Waals surface area contributed by atoms with Gasteiger partial charge < -0.3 is 4.74 Å². The van der Waals surface area contributed by atoms with Crippen molar-refractivity contribution >= 4 is 0 Å². The van der Waals surface area contributed by atoms with E-state index in [9.17, 15) is 0 Å². The standard InChI is InChI=1S/C19H23NO/c1-15-7-9-16(10-8-15)13-20(18-11-12-18)14-17-5-3-4-6-19(17)21-2/h3-10,18H,11-14H2,1-2H3. The van der Waals surface area contributed by atoms with Gasteiger partial charge in [-0.25, -0.2) is 0 Å². The zero-order chi connectivity index (χ0) is 14.7. The average molecular weight is 281 g/mol. The van der Waals surface area contributed by atoms with E-state index in [4.69, 9.17) is 4.74 Å². The lowest BCUT2D eigenvalue weighted by atomic mass is 10.1. The lowest BCUT2D eigenvalue weighted by Gasteiger charge is -2.23. The maximum absolute atomic E-state index is 5.49. The van der Waals surface area contributed by atoms with Gasteiger partial charge in [-0.05, 0) is 31.4 Å². The molecule has 2 aromatic carbocycles. The molecule has 0 atom stereocenters. The third kappa shape index (κ3) is 3.64. The van der Waals surface area contributed by atoms with Crippen LogP contribution in [0.15, 0.2) is 48.5 Å². The Morgan fingerprint density at radius 3 is 2.38 bits per heavy atom. The third-order valence-electron chi connectivity index (χ3n) is 4.14. The Hall–Kier alpha value is -1.80. The largest absolute Gasteiger partial charge is 0.496 e. The Morgan fingerprint density at radius 2 is 1.71 bits per heavy atom. The molecule has 0 bridgehead atoms. The molecule has 1 fully saturated rings. The highest BCUT2D eigenvalue weighted by Gasteiger charge is 2.29. The number of nitrogens with zero attached hydrogens (tertiary/aromatic N) is 1. The second-order valence-corrected chi connectivity index (χ2v) is 5.93. The molecule has 1 saturated carbocycles. The van der Waals surface area contributed by atoms with Crippen LogP contribution in [0.2, 0.25) is 0 Å². The number of benzene rings is 2. The summed E-state index contributed by atoms with van der Waals surface area (Å²) in [7, 11) is 1.75. The number of methoxy groups -OCH3 is 1. The Morgan fingerprint density at radius 1 is 1.00 bits per heavy atom. The first kappa shape index (κ1) is 14.2. The summed E-state index contributed by atoms with van der Waals surface area (Å²) in [6.07, 6.45) is 2.64. The van der Waals surface area contributed by atoms with Crippen molar-refractivity contribution in [2.24, 2.45) is 0 Å². The first-order valence-electron chi connectivity index (χ1n) is 7.68. The molecule has 0 heterocycles. The van der Waals surface area contributed by atoms with Crippen LogP contribution in [0, 0.1) is 6.92 Å². The predicted octanol–water partition coefficient (Wildman–Crippen LogP) is 4.17. The lowest BCUT2D eigenvalue weighted by molar-refractivity contribution is 0.242. The molecule has 2 nitrogen and oxygen atoms in total. The van der Waals surface area contributed by atoms with Crippen LogP contribution in [-0.4, -0.2) is 18.1 Å². The van der Waals surface area contributed by atoms with Gasteiger partial charge in [0.15, 0.2) is 0 Å². The second kappa shape index (κ2) is 6.31. The molecule has 3 rings (SSSR count). The minimum Gasteiger partial charge on any atom is -0.496 e. The Kier molecular flexibility index (Phi) is 4.26. The summed E-state index contributed by atoms with van der Waals surface area (Å²) in [6.45, 7) is 4.11. The summed E-state index contributed by atoms with van der Waals surface area (Å²) in [4.78, 5) is 2.57. The Balaban J connectivity index is 1.74. The molecule has 0 spiro atoms. The van der Waals surface area contributed by atoms with E-state index in [2.05, 4.69) is 48.2 Å². The zero-order valence-electron chi connectivity index (χ0n) is 12.9. The fourth-order valence-electron chi connectivity index (χ4n) is 2.73. The van der Waals surface area contributed by atoms with Gasteiger partial charge in [-0.15, -0.1) is 0 Å². The summed E-state index contributed by atoms with van der Waals surface area (Å²) >= 11 is 0. The van der Waals surface area contributed by atoms with E-state index >= 15 is 0 Å². The number of ether oxygens (including phenoxy) is 1. The molecule has 1 aliphatic carbocycles. The van der Waals surface area contributed by atoms with E-state index in [1.54, 1.807) is 7.11 Å². The van der Waals surface area contributed by atoms with Gasteiger partial charge in [-0.3, -0.25) is 4.90 Å². The number of hydrogen-bond donors (Lipinski definition) is 0. The van der Waals surface area contributed by atoms with Crippen LogP contribution >= 0.6 is 0 Å². The van der Waals surface area contributed by atoms with E-state index in [1.807, 2.05) is 12.1 Å². The molecular formula is C19H23NO. The molecule has 2 aromatic rings. The fraction of sp³-hybridized carbons (Fsp3) is 0.368. The first-order valence-corrected chi connectivity index (χ1v) is 7.68. The first-order chi connectivity index (χ1) is 10.3. The second-order valence-electron chi connectivity index (χ2n) is 5.93. The molecule has 0 unspecified atom stereocenters. The molecule has 0 radical (unpaired) electrons. The van der Waals surface area contributed by atoms with Gasteiger partial charge >= 0.3 is 0 Å². The van der Waals surface area contributed by atoms with Crippen molar-refractivity contribution in [3.63, 3.8) is 0 Å². The van der Waals surface area contributed by atoms with E-state index in [0.717, 1.165) is 24.9 Å². The zero-order valence-corrected chi connectivity index (χ0v) is 12.9. The molecule has 1 aliphatic rings. The highest BCUT2D eigenvalue weighted by molar-refractivity contribution is 5.33. The van der Waals surface area contributed by atoms with Gasteiger partial charge in [-0.2, -0.15) is 0 Å². The van der Waals surface area contributed by atoms with Gasteiger partial charge in [0.25, 0.3) is 0 Å². The highest BCUT2D eigenvalue weighted by Crippen LogP contribution is 2.31. The topological polar surface area (TPSA) is 12.5 Å². The fourth-order valence-corrected chi connectivity index (χ4v) is 2.73. The quantitative estimate of drug-likeness (QED) is 0.788. The number of rotatable bonds is 6. The van der Waals surface area contributed by atoms with Crippen LogP contribution in [0.4, 0.5) is 0 Å². The summed E-state index contributed by atoms with van der Waals surface area (Å²) in [5, 5.41) is 0. The van der Waals surface area contributed by atoms with Crippen LogP contribution in [0.3, 0.4) is 0 Å². The lowest BCUT2D eigenvalue weighted by Crippen LogP contribution is -2.25. The number of para-hydroxylation sites is 1. The SMILES string of the molecule is COc1ccccc1CN(Cc1ccc(C)cc1)C1CC1. The molecular weight excluding hydrogens is 258 g/mol.